The van der Waals surface area contributed by atoms with Gasteiger partial charge in [-0.05, 0) is 38.2 Å². The highest BCUT2D eigenvalue weighted by atomic mass is 16.5. The van der Waals surface area contributed by atoms with Gasteiger partial charge in [-0.3, -0.25) is 4.79 Å². The summed E-state index contributed by atoms with van der Waals surface area (Å²) in [6.45, 7) is 7.18. The van der Waals surface area contributed by atoms with Crippen LogP contribution in [0, 0.1) is 5.92 Å². The van der Waals surface area contributed by atoms with Crippen LogP contribution >= 0.6 is 0 Å². The summed E-state index contributed by atoms with van der Waals surface area (Å²) in [4.78, 5) is 11.8. The lowest BCUT2D eigenvalue weighted by atomic mass is 9.96. The van der Waals surface area contributed by atoms with Crippen molar-refractivity contribution in [1.29, 1.82) is 0 Å². The van der Waals surface area contributed by atoms with Gasteiger partial charge in [-0.15, -0.1) is 0 Å². The number of carbonyl (C=O) groups excluding carboxylic acids is 1. The van der Waals surface area contributed by atoms with Crippen molar-refractivity contribution in [2.24, 2.45) is 5.92 Å². The molecule has 0 N–H and O–H groups in total. The summed E-state index contributed by atoms with van der Waals surface area (Å²) in [6, 6.07) is 0. The minimum Gasteiger partial charge on any atom is -0.458 e. The summed E-state index contributed by atoms with van der Waals surface area (Å²) >= 11 is 0. The number of esters is 1. The molecule has 1 aliphatic carbocycles. The predicted molar refractivity (Wildman–Crippen MR) is 67.8 cm³/mol. The molecule has 0 aromatic heterocycles. The van der Waals surface area contributed by atoms with Gasteiger partial charge in [0.25, 0.3) is 0 Å². The van der Waals surface area contributed by atoms with Gasteiger partial charge in [-0.1, -0.05) is 19.9 Å². The van der Waals surface area contributed by atoms with Gasteiger partial charge >= 0.3 is 5.97 Å². The van der Waals surface area contributed by atoms with E-state index in [4.69, 9.17) is 9.47 Å². The summed E-state index contributed by atoms with van der Waals surface area (Å²) in [5, 5.41) is 0. The molecule has 0 aromatic rings. The van der Waals surface area contributed by atoms with Crippen molar-refractivity contribution in [2.75, 3.05) is 13.2 Å². The Kier molecular flexibility index (Phi) is 6.27. The summed E-state index contributed by atoms with van der Waals surface area (Å²) in [5.41, 5.74) is 1.13. The monoisotopic (exact) mass is 240 g/mol. The van der Waals surface area contributed by atoms with Crippen LogP contribution in [0.4, 0.5) is 0 Å². The molecule has 0 aliphatic heterocycles. The Morgan fingerprint density at radius 2 is 2.29 bits per heavy atom. The summed E-state index contributed by atoms with van der Waals surface area (Å²) in [5.74, 6) is -0.0907. The first-order chi connectivity index (χ1) is 8.19. The lowest BCUT2D eigenvalue weighted by Crippen LogP contribution is -2.27. The Balaban J connectivity index is 2.52. The molecule has 1 rings (SSSR count). The Morgan fingerprint density at radius 3 is 2.94 bits per heavy atom. The molecular formula is C14H24O3. The Morgan fingerprint density at radius 1 is 1.53 bits per heavy atom. The van der Waals surface area contributed by atoms with Crippen LogP contribution in [0.15, 0.2) is 11.6 Å². The van der Waals surface area contributed by atoms with E-state index in [9.17, 15) is 4.79 Å². The Bertz CT molecular complexity index is 271. The first-order valence-corrected chi connectivity index (χ1v) is 6.66. The number of ether oxygens (including phenoxy) is 2. The number of hydrogen-bond acceptors (Lipinski definition) is 3. The highest BCUT2D eigenvalue weighted by Crippen LogP contribution is 2.23. The fraction of sp³-hybridized carbons (Fsp3) is 0.786. The van der Waals surface area contributed by atoms with Crippen LogP contribution < -0.4 is 0 Å². The van der Waals surface area contributed by atoms with E-state index in [0.717, 1.165) is 31.3 Å². The third kappa shape index (κ3) is 4.50. The molecule has 0 saturated heterocycles. The molecule has 2 unspecified atom stereocenters. The summed E-state index contributed by atoms with van der Waals surface area (Å²) < 4.78 is 11.0. The molecule has 0 aromatic carbocycles. The van der Waals surface area contributed by atoms with Gasteiger partial charge in [0.1, 0.15) is 6.10 Å². The largest absolute Gasteiger partial charge is 0.458 e. The molecule has 2 atom stereocenters. The van der Waals surface area contributed by atoms with Gasteiger partial charge in [-0.2, -0.15) is 0 Å². The topological polar surface area (TPSA) is 35.5 Å². The average molecular weight is 240 g/mol. The van der Waals surface area contributed by atoms with Crippen LogP contribution in [0.1, 0.15) is 46.5 Å². The normalized spacial score (nSPS) is 21.8. The molecule has 3 nitrogen and oxygen atoms in total. The maximum Gasteiger partial charge on any atom is 0.309 e. The molecule has 0 amide bonds. The molecular weight excluding hydrogens is 216 g/mol. The third-order valence-corrected chi connectivity index (χ3v) is 3.24. The second-order valence-electron chi connectivity index (χ2n) is 4.58. The van der Waals surface area contributed by atoms with Gasteiger partial charge in [0, 0.05) is 6.61 Å². The van der Waals surface area contributed by atoms with Crippen LogP contribution in [0.3, 0.4) is 0 Å². The minimum atomic E-state index is -0.0817. The Hall–Kier alpha value is -0.830. The number of hydrogen-bond donors (Lipinski definition) is 0. The van der Waals surface area contributed by atoms with Crippen molar-refractivity contribution < 1.29 is 14.3 Å². The van der Waals surface area contributed by atoms with Gasteiger partial charge in [-0.25, -0.2) is 0 Å². The van der Waals surface area contributed by atoms with Crippen molar-refractivity contribution in [3.05, 3.63) is 11.6 Å². The third-order valence-electron chi connectivity index (χ3n) is 3.24. The first-order valence-electron chi connectivity index (χ1n) is 6.66. The zero-order valence-electron chi connectivity index (χ0n) is 11.2. The Labute approximate surface area is 104 Å². The molecule has 0 fully saturated rings. The van der Waals surface area contributed by atoms with Crippen molar-refractivity contribution in [1.82, 2.24) is 0 Å². The van der Waals surface area contributed by atoms with E-state index in [1.807, 2.05) is 20.8 Å². The predicted octanol–water partition coefficient (Wildman–Crippen LogP) is 3.09. The summed E-state index contributed by atoms with van der Waals surface area (Å²) in [6.07, 6.45) is 6.02. The van der Waals surface area contributed by atoms with Gasteiger partial charge in [0.05, 0.1) is 12.5 Å². The fourth-order valence-corrected chi connectivity index (χ4v) is 1.84. The van der Waals surface area contributed by atoms with Gasteiger partial charge in [0.2, 0.25) is 0 Å². The van der Waals surface area contributed by atoms with Crippen molar-refractivity contribution in [3.8, 4) is 0 Å². The maximum absolute atomic E-state index is 11.8. The zero-order chi connectivity index (χ0) is 12.7. The fourth-order valence-electron chi connectivity index (χ4n) is 1.84. The second-order valence-corrected chi connectivity index (χ2v) is 4.58. The molecule has 1 aliphatic rings. The van der Waals surface area contributed by atoms with Gasteiger partial charge < -0.3 is 9.47 Å². The first kappa shape index (κ1) is 14.2. The van der Waals surface area contributed by atoms with E-state index in [-0.39, 0.29) is 18.0 Å². The SMILES string of the molecule is CCOCC1=CCCCC1OC(=O)C(C)CC. The van der Waals surface area contributed by atoms with Crippen LogP contribution in [0.5, 0.6) is 0 Å². The van der Waals surface area contributed by atoms with Crippen molar-refractivity contribution in [3.63, 3.8) is 0 Å². The molecule has 98 valence electrons. The van der Waals surface area contributed by atoms with E-state index in [1.54, 1.807) is 0 Å². The minimum absolute atomic E-state index is 0.00901. The van der Waals surface area contributed by atoms with E-state index >= 15 is 0 Å². The van der Waals surface area contributed by atoms with Crippen molar-refractivity contribution in [2.45, 2.75) is 52.6 Å². The molecule has 3 heteroatoms. The maximum atomic E-state index is 11.8. The average Bonchev–Trinajstić information content (AvgIpc) is 2.36. The van der Waals surface area contributed by atoms with E-state index < -0.39 is 0 Å². The van der Waals surface area contributed by atoms with E-state index in [2.05, 4.69) is 6.08 Å². The molecule has 0 saturated carbocycles. The van der Waals surface area contributed by atoms with Crippen molar-refractivity contribution >= 4 is 5.97 Å². The van der Waals surface area contributed by atoms with Crippen LogP contribution in [-0.2, 0) is 14.3 Å². The second kappa shape index (κ2) is 7.49. The number of rotatable bonds is 6. The molecule has 17 heavy (non-hydrogen) atoms. The van der Waals surface area contributed by atoms with Crippen LogP contribution in [0.2, 0.25) is 0 Å². The molecule has 0 heterocycles. The number of carbonyl (C=O) groups is 1. The molecule has 0 radical (unpaired) electrons. The van der Waals surface area contributed by atoms with Crippen LogP contribution in [0.25, 0.3) is 0 Å². The molecule has 0 spiro atoms. The molecule has 0 bridgehead atoms. The lowest BCUT2D eigenvalue weighted by Gasteiger charge is -2.25. The van der Waals surface area contributed by atoms with E-state index in [1.165, 1.54) is 0 Å². The standard InChI is InChI=1S/C14H24O3/c1-4-11(3)14(15)17-13-9-7-6-8-12(13)10-16-5-2/h8,11,13H,4-7,9-10H2,1-3H3. The van der Waals surface area contributed by atoms with Gasteiger partial charge in [0.15, 0.2) is 0 Å². The van der Waals surface area contributed by atoms with Crippen LogP contribution in [-0.4, -0.2) is 25.3 Å². The van der Waals surface area contributed by atoms with E-state index in [0.29, 0.717) is 13.2 Å². The summed E-state index contributed by atoms with van der Waals surface area (Å²) in [7, 11) is 0. The lowest BCUT2D eigenvalue weighted by molar-refractivity contribution is -0.152. The quantitative estimate of drug-likeness (QED) is 0.528. The highest BCUT2D eigenvalue weighted by Gasteiger charge is 2.23. The smallest absolute Gasteiger partial charge is 0.309 e. The highest BCUT2D eigenvalue weighted by molar-refractivity contribution is 5.72. The zero-order valence-corrected chi connectivity index (χ0v) is 11.2. The number of allylic oxidation sites excluding steroid dienone is 1.